The van der Waals surface area contributed by atoms with Crippen LogP contribution in [0.15, 0.2) is 6.20 Å². The van der Waals surface area contributed by atoms with Gasteiger partial charge < -0.3 is 5.32 Å². The second kappa shape index (κ2) is 5.43. The van der Waals surface area contributed by atoms with Crippen molar-refractivity contribution in [3.05, 3.63) is 11.9 Å². The standard InChI is InChI=1S/C12H24N4/c1-10(8-13-12(2,3)4)6-7-11-9-16(5)15-14-11/h9-10,13H,6-8H2,1-5H3. The largest absolute Gasteiger partial charge is 0.312 e. The maximum atomic E-state index is 4.09. The smallest absolute Gasteiger partial charge is 0.0827 e. The molecule has 0 fully saturated rings. The molecule has 1 rings (SSSR count). The van der Waals surface area contributed by atoms with Crippen LogP contribution < -0.4 is 5.32 Å². The van der Waals surface area contributed by atoms with Crippen molar-refractivity contribution in [3.8, 4) is 0 Å². The molecule has 1 aromatic rings. The van der Waals surface area contributed by atoms with Gasteiger partial charge in [-0.25, -0.2) is 0 Å². The molecule has 1 N–H and O–H groups in total. The minimum absolute atomic E-state index is 0.209. The number of aryl methyl sites for hydroxylation is 2. The zero-order chi connectivity index (χ0) is 12.2. The average Bonchev–Trinajstić information content (AvgIpc) is 2.57. The molecule has 0 aliphatic rings. The lowest BCUT2D eigenvalue weighted by atomic mass is 10.0. The molecule has 0 amide bonds. The van der Waals surface area contributed by atoms with Crippen molar-refractivity contribution in [1.82, 2.24) is 20.3 Å². The third-order valence-corrected chi connectivity index (χ3v) is 2.52. The van der Waals surface area contributed by atoms with Crippen LogP contribution in [0, 0.1) is 5.92 Å². The Balaban J connectivity index is 2.22. The van der Waals surface area contributed by atoms with Gasteiger partial charge in [-0.1, -0.05) is 12.1 Å². The summed E-state index contributed by atoms with van der Waals surface area (Å²) in [5.41, 5.74) is 1.30. The lowest BCUT2D eigenvalue weighted by Gasteiger charge is -2.23. The molecule has 0 spiro atoms. The fraction of sp³-hybridized carbons (Fsp3) is 0.833. The molecule has 0 radical (unpaired) electrons. The first kappa shape index (κ1) is 13.2. The van der Waals surface area contributed by atoms with Crippen LogP contribution in [0.5, 0.6) is 0 Å². The van der Waals surface area contributed by atoms with E-state index in [9.17, 15) is 0 Å². The highest BCUT2D eigenvalue weighted by atomic mass is 15.4. The fourth-order valence-corrected chi connectivity index (χ4v) is 1.49. The lowest BCUT2D eigenvalue weighted by Crippen LogP contribution is -2.38. The van der Waals surface area contributed by atoms with Crippen LogP contribution in [0.25, 0.3) is 0 Å². The van der Waals surface area contributed by atoms with Crippen LogP contribution in [0.2, 0.25) is 0 Å². The van der Waals surface area contributed by atoms with Crippen molar-refractivity contribution in [2.45, 2.75) is 46.1 Å². The van der Waals surface area contributed by atoms with Crippen LogP contribution in [-0.2, 0) is 13.5 Å². The predicted octanol–water partition coefficient (Wildman–Crippen LogP) is 1.77. The summed E-state index contributed by atoms with van der Waals surface area (Å²) in [6.07, 6.45) is 4.16. The number of aromatic nitrogens is 3. The molecule has 0 aromatic carbocycles. The van der Waals surface area contributed by atoms with Gasteiger partial charge in [0, 0.05) is 18.8 Å². The molecule has 1 heterocycles. The van der Waals surface area contributed by atoms with E-state index in [0.29, 0.717) is 5.92 Å². The van der Waals surface area contributed by atoms with Crippen LogP contribution >= 0.6 is 0 Å². The fourth-order valence-electron chi connectivity index (χ4n) is 1.49. The number of nitrogens with one attached hydrogen (secondary N) is 1. The van der Waals surface area contributed by atoms with E-state index < -0.39 is 0 Å². The molecule has 0 bridgehead atoms. The minimum Gasteiger partial charge on any atom is -0.312 e. The monoisotopic (exact) mass is 224 g/mol. The normalized spacial score (nSPS) is 14.1. The molecule has 0 aliphatic carbocycles. The summed E-state index contributed by atoms with van der Waals surface area (Å²) < 4.78 is 1.76. The summed E-state index contributed by atoms with van der Waals surface area (Å²) in [6, 6.07) is 0. The molecule has 0 saturated heterocycles. The highest BCUT2D eigenvalue weighted by Crippen LogP contribution is 2.08. The van der Waals surface area contributed by atoms with E-state index in [1.54, 1.807) is 4.68 Å². The van der Waals surface area contributed by atoms with E-state index >= 15 is 0 Å². The molecular weight excluding hydrogens is 200 g/mol. The molecule has 1 atom stereocenters. The number of hydrogen-bond donors (Lipinski definition) is 1. The zero-order valence-electron chi connectivity index (χ0n) is 11.1. The van der Waals surface area contributed by atoms with E-state index in [-0.39, 0.29) is 5.54 Å². The molecular formula is C12H24N4. The summed E-state index contributed by atoms with van der Waals surface area (Å²) in [7, 11) is 1.90. The van der Waals surface area contributed by atoms with E-state index in [2.05, 4.69) is 43.3 Å². The summed E-state index contributed by atoms with van der Waals surface area (Å²) in [4.78, 5) is 0. The third kappa shape index (κ3) is 5.26. The van der Waals surface area contributed by atoms with Gasteiger partial charge in [0.1, 0.15) is 0 Å². The molecule has 92 valence electrons. The Bertz CT molecular complexity index is 311. The second-order valence-corrected chi connectivity index (χ2v) is 5.66. The van der Waals surface area contributed by atoms with Crippen LogP contribution in [0.3, 0.4) is 0 Å². The molecule has 16 heavy (non-hydrogen) atoms. The average molecular weight is 224 g/mol. The van der Waals surface area contributed by atoms with Gasteiger partial charge in [0.2, 0.25) is 0 Å². The van der Waals surface area contributed by atoms with Crippen LogP contribution in [0.1, 0.15) is 39.8 Å². The highest BCUT2D eigenvalue weighted by molar-refractivity contribution is 4.92. The van der Waals surface area contributed by atoms with Crippen molar-refractivity contribution in [1.29, 1.82) is 0 Å². The first-order valence-electron chi connectivity index (χ1n) is 5.97. The minimum atomic E-state index is 0.209. The maximum Gasteiger partial charge on any atom is 0.0827 e. The van der Waals surface area contributed by atoms with Gasteiger partial charge >= 0.3 is 0 Å². The van der Waals surface area contributed by atoms with Crippen molar-refractivity contribution < 1.29 is 0 Å². The van der Waals surface area contributed by atoms with E-state index in [4.69, 9.17) is 0 Å². The zero-order valence-corrected chi connectivity index (χ0v) is 11.1. The number of rotatable bonds is 5. The Morgan fingerprint density at radius 1 is 1.44 bits per heavy atom. The van der Waals surface area contributed by atoms with Crippen molar-refractivity contribution in [3.63, 3.8) is 0 Å². The van der Waals surface area contributed by atoms with Gasteiger partial charge in [-0.2, -0.15) is 0 Å². The number of hydrogen-bond acceptors (Lipinski definition) is 3. The van der Waals surface area contributed by atoms with Gasteiger partial charge in [-0.05, 0) is 46.1 Å². The SMILES string of the molecule is CC(CCc1cn(C)nn1)CNC(C)(C)C. The lowest BCUT2D eigenvalue weighted by molar-refractivity contribution is 0.372. The summed E-state index contributed by atoms with van der Waals surface area (Å²) in [5.74, 6) is 0.668. The first-order valence-corrected chi connectivity index (χ1v) is 5.97. The Morgan fingerprint density at radius 3 is 2.62 bits per heavy atom. The van der Waals surface area contributed by atoms with E-state index in [1.165, 1.54) is 0 Å². The van der Waals surface area contributed by atoms with Crippen molar-refractivity contribution in [2.75, 3.05) is 6.54 Å². The second-order valence-electron chi connectivity index (χ2n) is 5.66. The van der Waals surface area contributed by atoms with E-state index in [0.717, 1.165) is 25.1 Å². The first-order chi connectivity index (χ1) is 7.37. The van der Waals surface area contributed by atoms with Crippen molar-refractivity contribution >= 4 is 0 Å². The third-order valence-electron chi connectivity index (χ3n) is 2.52. The van der Waals surface area contributed by atoms with Crippen molar-refractivity contribution in [2.24, 2.45) is 13.0 Å². The highest BCUT2D eigenvalue weighted by Gasteiger charge is 2.11. The molecule has 0 aliphatic heterocycles. The molecule has 1 unspecified atom stereocenters. The molecule has 4 heteroatoms. The van der Waals surface area contributed by atoms with Crippen LogP contribution in [0.4, 0.5) is 0 Å². The summed E-state index contributed by atoms with van der Waals surface area (Å²) in [6.45, 7) is 9.92. The molecule has 4 nitrogen and oxygen atoms in total. The van der Waals surface area contributed by atoms with Crippen LogP contribution in [-0.4, -0.2) is 27.1 Å². The van der Waals surface area contributed by atoms with Gasteiger partial charge in [-0.3, -0.25) is 4.68 Å². The summed E-state index contributed by atoms with van der Waals surface area (Å²) >= 11 is 0. The molecule has 0 saturated carbocycles. The Kier molecular flexibility index (Phi) is 4.47. The number of nitrogens with zero attached hydrogens (tertiary/aromatic N) is 3. The summed E-state index contributed by atoms with van der Waals surface area (Å²) in [5, 5.41) is 11.5. The predicted molar refractivity (Wildman–Crippen MR) is 66.2 cm³/mol. The van der Waals surface area contributed by atoms with E-state index in [1.807, 2.05) is 13.2 Å². The van der Waals surface area contributed by atoms with Gasteiger partial charge in [0.25, 0.3) is 0 Å². The van der Waals surface area contributed by atoms with Gasteiger partial charge in [0.15, 0.2) is 0 Å². The van der Waals surface area contributed by atoms with Gasteiger partial charge in [-0.15, -0.1) is 5.10 Å². The Morgan fingerprint density at radius 2 is 2.12 bits per heavy atom. The quantitative estimate of drug-likeness (QED) is 0.829. The Hall–Kier alpha value is -0.900. The topological polar surface area (TPSA) is 42.7 Å². The van der Waals surface area contributed by atoms with Gasteiger partial charge in [0.05, 0.1) is 5.69 Å². The Labute approximate surface area is 98.4 Å². The maximum absolute atomic E-state index is 4.09. The molecule has 1 aromatic heterocycles.